The van der Waals surface area contributed by atoms with Crippen molar-refractivity contribution in [2.75, 3.05) is 0 Å². The van der Waals surface area contributed by atoms with Crippen LogP contribution in [0.5, 0.6) is 0 Å². The Kier molecular flexibility index (Phi) is 4.33. The van der Waals surface area contributed by atoms with Crippen molar-refractivity contribution in [2.24, 2.45) is 5.92 Å². The molecule has 84 valence electrons. The normalized spacial score (nSPS) is 11.9. The first-order valence-electron chi connectivity index (χ1n) is 5.00. The van der Waals surface area contributed by atoms with E-state index in [-0.39, 0.29) is 11.8 Å². The molecular formula is C12H13ClN2O. The summed E-state index contributed by atoms with van der Waals surface area (Å²) in [7, 11) is 0. The molecule has 16 heavy (non-hydrogen) atoms. The van der Waals surface area contributed by atoms with Gasteiger partial charge in [0.05, 0.1) is 6.07 Å². The second-order valence-corrected chi connectivity index (χ2v) is 4.27. The molecule has 0 aliphatic rings. The van der Waals surface area contributed by atoms with Crippen molar-refractivity contribution < 1.29 is 4.79 Å². The molecule has 1 amide bonds. The zero-order valence-electron chi connectivity index (χ0n) is 9.20. The molecule has 0 fully saturated rings. The summed E-state index contributed by atoms with van der Waals surface area (Å²) >= 11 is 5.78. The average molecular weight is 237 g/mol. The Morgan fingerprint density at radius 2 is 2.19 bits per heavy atom. The van der Waals surface area contributed by atoms with Crippen LogP contribution in [0.1, 0.15) is 24.2 Å². The standard InChI is InChI=1S/C12H13ClN2O/c1-8(2)11(7-14)15-12(16)9-4-3-5-10(13)6-9/h3-6,8,11H,1-2H3,(H,15,16). The zero-order valence-corrected chi connectivity index (χ0v) is 9.95. The molecule has 0 aromatic heterocycles. The fraction of sp³-hybridized carbons (Fsp3) is 0.333. The van der Waals surface area contributed by atoms with Gasteiger partial charge in [-0.3, -0.25) is 4.79 Å². The van der Waals surface area contributed by atoms with Crippen LogP contribution >= 0.6 is 11.6 Å². The van der Waals surface area contributed by atoms with Gasteiger partial charge in [-0.2, -0.15) is 5.26 Å². The Morgan fingerprint density at radius 3 is 2.69 bits per heavy atom. The van der Waals surface area contributed by atoms with E-state index in [0.717, 1.165) is 0 Å². The van der Waals surface area contributed by atoms with Crippen LogP contribution in [-0.4, -0.2) is 11.9 Å². The van der Waals surface area contributed by atoms with E-state index in [4.69, 9.17) is 16.9 Å². The molecule has 1 rings (SSSR count). The predicted octanol–water partition coefficient (Wildman–Crippen LogP) is 2.62. The van der Waals surface area contributed by atoms with E-state index in [0.29, 0.717) is 10.6 Å². The minimum atomic E-state index is -0.480. The molecule has 0 saturated carbocycles. The lowest BCUT2D eigenvalue weighted by molar-refractivity contribution is 0.0937. The van der Waals surface area contributed by atoms with Gasteiger partial charge in [0.2, 0.25) is 0 Å². The second-order valence-electron chi connectivity index (χ2n) is 3.83. The van der Waals surface area contributed by atoms with Gasteiger partial charge in [0.1, 0.15) is 6.04 Å². The summed E-state index contributed by atoms with van der Waals surface area (Å²) in [5.74, 6) is -0.198. The van der Waals surface area contributed by atoms with Crippen molar-refractivity contribution in [1.82, 2.24) is 5.32 Å². The summed E-state index contributed by atoms with van der Waals surface area (Å²) in [6.07, 6.45) is 0. The van der Waals surface area contributed by atoms with Gasteiger partial charge in [0, 0.05) is 10.6 Å². The molecule has 3 nitrogen and oxygen atoms in total. The predicted molar refractivity (Wildman–Crippen MR) is 63.2 cm³/mol. The van der Waals surface area contributed by atoms with Gasteiger partial charge in [-0.15, -0.1) is 0 Å². The molecular weight excluding hydrogens is 224 g/mol. The van der Waals surface area contributed by atoms with Crippen molar-refractivity contribution in [3.05, 3.63) is 34.9 Å². The number of halogens is 1. The van der Waals surface area contributed by atoms with Crippen LogP contribution in [0.4, 0.5) is 0 Å². The molecule has 1 aromatic carbocycles. The van der Waals surface area contributed by atoms with Crippen LogP contribution in [0.25, 0.3) is 0 Å². The molecule has 1 atom stereocenters. The van der Waals surface area contributed by atoms with Crippen LogP contribution in [-0.2, 0) is 0 Å². The second kappa shape index (κ2) is 5.53. The number of carbonyl (C=O) groups is 1. The van der Waals surface area contributed by atoms with E-state index in [9.17, 15) is 4.79 Å². The van der Waals surface area contributed by atoms with Crippen LogP contribution in [0.2, 0.25) is 5.02 Å². The quantitative estimate of drug-likeness (QED) is 0.877. The molecule has 0 heterocycles. The minimum Gasteiger partial charge on any atom is -0.336 e. The molecule has 0 saturated heterocycles. The van der Waals surface area contributed by atoms with Gasteiger partial charge in [-0.05, 0) is 24.1 Å². The Morgan fingerprint density at radius 1 is 1.50 bits per heavy atom. The number of hydrogen-bond donors (Lipinski definition) is 1. The maximum absolute atomic E-state index is 11.7. The fourth-order valence-electron chi connectivity index (χ4n) is 1.20. The third kappa shape index (κ3) is 3.25. The Bertz CT molecular complexity index is 423. The Hall–Kier alpha value is -1.53. The lowest BCUT2D eigenvalue weighted by Crippen LogP contribution is -2.37. The maximum Gasteiger partial charge on any atom is 0.252 e. The first-order chi connectivity index (χ1) is 7.54. The lowest BCUT2D eigenvalue weighted by Gasteiger charge is -2.14. The summed E-state index contributed by atoms with van der Waals surface area (Å²) < 4.78 is 0. The molecule has 0 bridgehead atoms. The van der Waals surface area contributed by atoms with Gasteiger partial charge in [0.15, 0.2) is 0 Å². The van der Waals surface area contributed by atoms with E-state index >= 15 is 0 Å². The smallest absolute Gasteiger partial charge is 0.252 e. The molecule has 1 N–H and O–H groups in total. The van der Waals surface area contributed by atoms with Crippen molar-refractivity contribution in [2.45, 2.75) is 19.9 Å². The number of nitrogens with zero attached hydrogens (tertiary/aromatic N) is 1. The Balaban J connectivity index is 2.77. The van der Waals surface area contributed by atoms with E-state index in [1.165, 1.54) is 0 Å². The highest BCUT2D eigenvalue weighted by atomic mass is 35.5. The van der Waals surface area contributed by atoms with Gasteiger partial charge in [0.25, 0.3) is 5.91 Å². The van der Waals surface area contributed by atoms with Crippen LogP contribution in [0, 0.1) is 17.2 Å². The van der Waals surface area contributed by atoms with Gasteiger partial charge < -0.3 is 5.32 Å². The number of hydrogen-bond acceptors (Lipinski definition) is 2. The van der Waals surface area contributed by atoms with Crippen LogP contribution in [0.15, 0.2) is 24.3 Å². The largest absolute Gasteiger partial charge is 0.336 e. The third-order valence-electron chi connectivity index (χ3n) is 2.18. The van der Waals surface area contributed by atoms with E-state index < -0.39 is 6.04 Å². The highest BCUT2D eigenvalue weighted by molar-refractivity contribution is 6.30. The first-order valence-corrected chi connectivity index (χ1v) is 5.38. The van der Waals surface area contributed by atoms with Crippen molar-refractivity contribution in [3.63, 3.8) is 0 Å². The monoisotopic (exact) mass is 236 g/mol. The summed E-state index contributed by atoms with van der Waals surface area (Å²) in [5.41, 5.74) is 0.466. The van der Waals surface area contributed by atoms with E-state index in [2.05, 4.69) is 11.4 Å². The van der Waals surface area contributed by atoms with Gasteiger partial charge >= 0.3 is 0 Å². The summed E-state index contributed by atoms with van der Waals surface area (Å²) in [5, 5.41) is 12.0. The number of rotatable bonds is 3. The fourth-order valence-corrected chi connectivity index (χ4v) is 1.39. The van der Waals surface area contributed by atoms with E-state index in [1.54, 1.807) is 24.3 Å². The number of amides is 1. The summed E-state index contributed by atoms with van der Waals surface area (Å²) in [6, 6.07) is 8.21. The SMILES string of the molecule is CC(C)C(C#N)NC(=O)c1cccc(Cl)c1. The van der Waals surface area contributed by atoms with Crippen molar-refractivity contribution in [1.29, 1.82) is 5.26 Å². The minimum absolute atomic E-state index is 0.0770. The lowest BCUT2D eigenvalue weighted by atomic mass is 10.1. The van der Waals surface area contributed by atoms with Gasteiger partial charge in [-0.1, -0.05) is 31.5 Å². The molecule has 1 unspecified atom stereocenters. The van der Waals surface area contributed by atoms with E-state index in [1.807, 2.05) is 13.8 Å². The zero-order chi connectivity index (χ0) is 12.1. The molecule has 4 heteroatoms. The number of carbonyl (C=O) groups excluding carboxylic acids is 1. The van der Waals surface area contributed by atoms with Gasteiger partial charge in [-0.25, -0.2) is 0 Å². The molecule has 0 aliphatic heterocycles. The highest BCUT2D eigenvalue weighted by Crippen LogP contribution is 2.11. The van der Waals surface area contributed by atoms with Crippen LogP contribution < -0.4 is 5.32 Å². The summed E-state index contributed by atoms with van der Waals surface area (Å²) in [4.78, 5) is 11.7. The molecule has 0 radical (unpaired) electrons. The third-order valence-corrected chi connectivity index (χ3v) is 2.41. The number of nitrogens with one attached hydrogen (secondary N) is 1. The molecule has 1 aromatic rings. The molecule has 0 aliphatic carbocycles. The van der Waals surface area contributed by atoms with Crippen molar-refractivity contribution in [3.8, 4) is 6.07 Å². The average Bonchev–Trinajstić information content (AvgIpc) is 2.25. The topological polar surface area (TPSA) is 52.9 Å². The number of benzene rings is 1. The Labute approximate surface area is 100 Å². The number of nitriles is 1. The summed E-state index contributed by atoms with van der Waals surface area (Å²) in [6.45, 7) is 3.76. The first kappa shape index (κ1) is 12.5. The van der Waals surface area contributed by atoms with Crippen LogP contribution in [0.3, 0.4) is 0 Å². The molecule has 0 spiro atoms. The maximum atomic E-state index is 11.7. The van der Waals surface area contributed by atoms with Crippen molar-refractivity contribution >= 4 is 17.5 Å². The highest BCUT2D eigenvalue weighted by Gasteiger charge is 2.16.